The fourth-order valence-corrected chi connectivity index (χ4v) is 2.12. The topological polar surface area (TPSA) is 29.1 Å². The lowest BCUT2D eigenvalue weighted by Crippen LogP contribution is -2.28. The molecule has 0 amide bonds. The van der Waals surface area contributed by atoms with E-state index in [1.165, 1.54) is 12.8 Å². The molecule has 0 aromatic heterocycles. The third-order valence-corrected chi connectivity index (χ3v) is 3.10. The molecule has 1 aliphatic rings. The van der Waals surface area contributed by atoms with Crippen LogP contribution in [0.15, 0.2) is 0 Å². The molecule has 0 aliphatic heterocycles. The first-order valence-corrected chi connectivity index (χ1v) is 5.45. The van der Waals surface area contributed by atoms with Crippen LogP contribution in [-0.4, -0.2) is 18.9 Å². The van der Waals surface area contributed by atoms with E-state index in [9.17, 15) is 4.79 Å². The number of nitrogens with one attached hydrogen (secondary N) is 1. The Kier molecular flexibility index (Phi) is 4.43. The van der Waals surface area contributed by atoms with Crippen LogP contribution in [0.2, 0.25) is 0 Å². The Balaban J connectivity index is 2.18. The van der Waals surface area contributed by atoms with Crippen LogP contribution in [0.5, 0.6) is 0 Å². The Hall–Kier alpha value is -0.370. The predicted octanol–water partition coefficient (Wildman–Crippen LogP) is 1.99. The minimum absolute atomic E-state index is 0.373. The van der Waals surface area contributed by atoms with E-state index in [-0.39, 0.29) is 0 Å². The first kappa shape index (κ1) is 10.7. The van der Waals surface area contributed by atoms with Gasteiger partial charge in [-0.1, -0.05) is 6.92 Å². The molecular weight excluding hydrogens is 162 g/mol. The third kappa shape index (κ3) is 3.47. The Morgan fingerprint density at radius 1 is 1.31 bits per heavy atom. The molecule has 1 fully saturated rings. The van der Waals surface area contributed by atoms with Crippen molar-refractivity contribution in [2.75, 3.05) is 13.1 Å². The SMILES string of the molecule is CCNC[C@H]1CC[C@H](C(C)=O)CC1. The summed E-state index contributed by atoms with van der Waals surface area (Å²) in [4.78, 5) is 11.1. The lowest BCUT2D eigenvalue weighted by Gasteiger charge is -2.26. The Bertz CT molecular complexity index is 159. The normalized spacial score (nSPS) is 28.8. The maximum Gasteiger partial charge on any atom is 0.132 e. The molecule has 1 saturated carbocycles. The molecule has 0 unspecified atom stereocenters. The summed E-state index contributed by atoms with van der Waals surface area (Å²) in [5, 5.41) is 3.38. The highest BCUT2D eigenvalue weighted by Crippen LogP contribution is 2.28. The molecule has 0 aromatic rings. The van der Waals surface area contributed by atoms with Crippen molar-refractivity contribution in [3.05, 3.63) is 0 Å². The molecule has 76 valence electrons. The Morgan fingerprint density at radius 3 is 2.38 bits per heavy atom. The zero-order valence-electron chi connectivity index (χ0n) is 8.81. The number of ketones is 1. The van der Waals surface area contributed by atoms with Crippen LogP contribution in [0.25, 0.3) is 0 Å². The number of carbonyl (C=O) groups is 1. The van der Waals surface area contributed by atoms with Gasteiger partial charge in [-0.05, 0) is 51.6 Å². The van der Waals surface area contributed by atoms with E-state index in [0.717, 1.165) is 31.8 Å². The zero-order valence-corrected chi connectivity index (χ0v) is 8.81. The largest absolute Gasteiger partial charge is 0.317 e. The quantitative estimate of drug-likeness (QED) is 0.722. The molecule has 1 N–H and O–H groups in total. The van der Waals surface area contributed by atoms with Gasteiger partial charge in [0.05, 0.1) is 0 Å². The van der Waals surface area contributed by atoms with Crippen molar-refractivity contribution >= 4 is 5.78 Å². The monoisotopic (exact) mass is 183 g/mol. The maximum atomic E-state index is 11.1. The number of Topliss-reactive ketones (excluding diaryl/α,β-unsaturated/α-hetero) is 1. The van der Waals surface area contributed by atoms with Crippen LogP contribution < -0.4 is 5.32 Å². The van der Waals surface area contributed by atoms with Gasteiger partial charge in [-0.25, -0.2) is 0 Å². The highest BCUT2D eigenvalue weighted by molar-refractivity contribution is 5.78. The highest BCUT2D eigenvalue weighted by atomic mass is 16.1. The predicted molar refractivity (Wildman–Crippen MR) is 54.7 cm³/mol. The van der Waals surface area contributed by atoms with Crippen LogP contribution in [0.3, 0.4) is 0 Å². The van der Waals surface area contributed by atoms with Crippen molar-refractivity contribution in [2.45, 2.75) is 39.5 Å². The number of hydrogen-bond acceptors (Lipinski definition) is 2. The van der Waals surface area contributed by atoms with Gasteiger partial charge in [0, 0.05) is 5.92 Å². The van der Waals surface area contributed by atoms with Gasteiger partial charge in [-0.2, -0.15) is 0 Å². The molecule has 1 aliphatic carbocycles. The van der Waals surface area contributed by atoms with Gasteiger partial charge in [-0.3, -0.25) is 4.79 Å². The van der Waals surface area contributed by atoms with Crippen LogP contribution in [0.1, 0.15) is 39.5 Å². The average molecular weight is 183 g/mol. The smallest absolute Gasteiger partial charge is 0.132 e. The minimum atomic E-state index is 0.373. The van der Waals surface area contributed by atoms with Crippen molar-refractivity contribution in [1.82, 2.24) is 5.32 Å². The van der Waals surface area contributed by atoms with Crippen LogP contribution >= 0.6 is 0 Å². The second kappa shape index (κ2) is 5.38. The van der Waals surface area contributed by atoms with Crippen molar-refractivity contribution in [3.63, 3.8) is 0 Å². The second-order valence-electron chi connectivity index (χ2n) is 4.14. The molecule has 2 nitrogen and oxygen atoms in total. The molecule has 0 radical (unpaired) electrons. The summed E-state index contributed by atoms with van der Waals surface area (Å²) in [6, 6.07) is 0. The summed E-state index contributed by atoms with van der Waals surface area (Å²) in [7, 11) is 0. The van der Waals surface area contributed by atoms with Crippen molar-refractivity contribution in [1.29, 1.82) is 0 Å². The first-order chi connectivity index (χ1) is 6.24. The number of hydrogen-bond donors (Lipinski definition) is 1. The van der Waals surface area contributed by atoms with Gasteiger partial charge in [0.1, 0.15) is 5.78 Å². The van der Waals surface area contributed by atoms with E-state index in [2.05, 4.69) is 12.2 Å². The van der Waals surface area contributed by atoms with Crippen LogP contribution in [-0.2, 0) is 4.79 Å². The van der Waals surface area contributed by atoms with E-state index < -0.39 is 0 Å². The summed E-state index contributed by atoms with van der Waals surface area (Å²) in [6.45, 7) is 6.07. The molecule has 0 atom stereocenters. The average Bonchev–Trinajstić information content (AvgIpc) is 2.15. The van der Waals surface area contributed by atoms with Gasteiger partial charge >= 0.3 is 0 Å². The summed E-state index contributed by atoms with van der Waals surface area (Å²) < 4.78 is 0. The number of rotatable bonds is 4. The number of carbonyl (C=O) groups excluding carboxylic acids is 1. The van der Waals surface area contributed by atoms with E-state index in [1.807, 2.05) is 0 Å². The van der Waals surface area contributed by atoms with E-state index in [4.69, 9.17) is 0 Å². The van der Waals surface area contributed by atoms with Gasteiger partial charge in [-0.15, -0.1) is 0 Å². The second-order valence-corrected chi connectivity index (χ2v) is 4.14. The Morgan fingerprint density at radius 2 is 1.92 bits per heavy atom. The fourth-order valence-electron chi connectivity index (χ4n) is 2.12. The maximum absolute atomic E-state index is 11.1. The summed E-state index contributed by atoms with van der Waals surface area (Å²) in [5.74, 6) is 1.58. The van der Waals surface area contributed by atoms with E-state index >= 15 is 0 Å². The van der Waals surface area contributed by atoms with Crippen LogP contribution in [0, 0.1) is 11.8 Å². The summed E-state index contributed by atoms with van der Waals surface area (Å²) >= 11 is 0. The highest BCUT2D eigenvalue weighted by Gasteiger charge is 2.23. The standard InChI is InChI=1S/C11H21NO/c1-3-12-8-10-4-6-11(7-5-10)9(2)13/h10-12H,3-8H2,1-2H3/t10-,11-. The Labute approximate surface area is 81.1 Å². The molecule has 2 heteroatoms. The molecule has 0 aromatic carbocycles. The molecule has 0 saturated heterocycles. The van der Waals surface area contributed by atoms with Crippen molar-refractivity contribution in [2.24, 2.45) is 11.8 Å². The lowest BCUT2D eigenvalue weighted by molar-refractivity contribution is -0.121. The molecule has 13 heavy (non-hydrogen) atoms. The van der Waals surface area contributed by atoms with Gasteiger partial charge in [0.25, 0.3) is 0 Å². The fraction of sp³-hybridized carbons (Fsp3) is 0.909. The molecular formula is C11H21NO. The molecule has 1 rings (SSSR count). The van der Waals surface area contributed by atoms with Gasteiger partial charge in [0.15, 0.2) is 0 Å². The minimum Gasteiger partial charge on any atom is -0.317 e. The van der Waals surface area contributed by atoms with Crippen molar-refractivity contribution in [3.8, 4) is 0 Å². The zero-order chi connectivity index (χ0) is 9.68. The molecule has 0 spiro atoms. The summed E-state index contributed by atoms with van der Waals surface area (Å²) in [5.41, 5.74) is 0. The first-order valence-electron chi connectivity index (χ1n) is 5.45. The van der Waals surface area contributed by atoms with Crippen molar-refractivity contribution < 1.29 is 4.79 Å². The van der Waals surface area contributed by atoms with E-state index in [0.29, 0.717) is 11.7 Å². The van der Waals surface area contributed by atoms with Crippen LogP contribution in [0.4, 0.5) is 0 Å². The van der Waals surface area contributed by atoms with Gasteiger partial charge in [0.2, 0.25) is 0 Å². The van der Waals surface area contributed by atoms with E-state index in [1.54, 1.807) is 6.92 Å². The third-order valence-electron chi connectivity index (χ3n) is 3.10. The lowest BCUT2D eigenvalue weighted by atomic mass is 9.80. The molecule has 0 heterocycles. The van der Waals surface area contributed by atoms with Gasteiger partial charge < -0.3 is 5.32 Å². The molecule has 0 bridgehead atoms. The summed E-state index contributed by atoms with van der Waals surface area (Å²) in [6.07, 6.45) is 4.70.